The van der Waals surface area contributed by atoms with E-state index in [1.807, 2.05) is 152 Å². The minimum absolute atomic E-state index is 0.551. The molecule has 0 saturated heterocycles. The highest BCUT2D eigenvalue weighted by molar-refractivity contribution is 6.17. The van der Waals surface area contributed by atoms with Crippen molar-refractivity contribution in [1.82, 2.24) is 44.9 Å². The first-order chi connectivity index (χ1) is 58.4. The summed E-state index contributed by atoms with van der Waals surface area (Å²) < 4.78 is 27.1. The third-order valence-electron chi connectivity index (χ3n) is 22.3. The van der Waals surface area contributed by atoms with Gasteiger partial charge in [0.2, 0.25) is 0 Å². The van der Waals surface area contributed by atoms with Crippen LogP contribution in [0.15, 0.2) is 388 Å². The number of aromatic nitrogens is 9. The second kappa shape index (κ2) is 27.8. The van der Waals surface area contributed by atoms with Crippen LogP contribution in [0.25, 0.3) is 246 Å². The van der Waals surface area contributed by atoms with Crippen molar-refractivity contribution in [3.63, 3.8) is 0 Å². The Labute approximate surface area is 674 Å². The molecule has 0 aliphatic rings. The highest BCUT2D eigenvalue weighted by Gasteiger charge is 2.26. The van der Waals surface area contributed by atoms with Gasteiger partial charge >= 0.3 is 0 Å². The molecule has 0 N–H and O–H groups in total. The van der Waals surface area contributed by atoms with Crippen LogP contribution in [-0.4, -0.2) is 44.9 Å². The number of furan rings is 4. The van der Waals surface area contributed by atoms with E-state index in [4.69, 9.17) is 62.5 Å². The standard InChI is InChI=1S/C105H61N9O4/c1-5-23-62(24-6-1)72-31-17-33-74(59-72)85-61-84(66-25-7-2-8-26-66)106-104(107-85)82-41-21-45-88-90(82)80-39-19-37-76(96(80)117-88)65-51-57-71(58-52-65)100-108-92(98-94(110-100)78-35-13-15-43-86(78)115-98)67-53-47-63(48-54-67)64-49-55-68(56-50-64)93-99-95(79-36-14-16-44-87(79)116-99)111-103(109-93)75-34-18-32-73(60-75)77-38-20-40-81-91-83(42-22-46-89(91)118-97(77)81)105-113-101(69-27-9-3-10-28-69)112-102(114-105)70-29-11-4-12-30-70/h1-61H. The van der Waals surface area contributed by atoms with Crippen molar-refractivity contribution >= 4 is 88.0 Å². The van der Waals surface area contributed by atoms with Crippen molar-refractivity contribution in [2.24, 2.45) is 0 Å². The molecule has 0 aliphatic heterocycles. The van der Waals surface area contributed by atoms with E-state index >= 15 is 0 Å². The van der Waals surface area contributed by atoms with E-state index in [0.29, 0.717) is 57.5 Å². The zero-order valence-electron chi connectivity index (χ0n) is 62.9. The summed E-state index contributed by atoms with van der Waals surface area (Å²) in [6.07, 6.45) is 0. The lowest BCUT2D eigenvalue weighted by molar-refractivity contribution is 0.667. The fourth-order valence-electron chi connectivity index (χ4n) is 16.5. The Morgan fingerprint density at radius 2 is 0.483 bits per heavy atom. The smallest absolute Gasteiger partial charge is 0.180 e. The SMILES string of the molecule is c1ccc(-c2cccc(-c3cc(-c4ccccc4)nc(-c4cccc5oc6c(-c7ccc(-c8nc(-c9ccc(-c%10ccc(-c%11nc(-c%12cccc(-c%13cccc%14c%13oc%13cccc(-c%15nc(-c%16ccccc%16)nc(-c%16ccccc%16)n%15)c%13%14)c%12)nc%12c%11oc%11ccccc%11%12)cc%10)cc9)c9oc%10ccccc%10c9n8)cc7)cccc6c45)n3)c2)cc1. The summed E-state index contributed by atoms with van der Waals surface area (Å²) in [5.41, 5.74) is 27.1. The summed E-state index contributed by atoms with van der Waals surface area (Å²) in [6.45, 7) is 0. The zero-order valence-corrected chi connectivity index (χ0v) is 62.9. The third kappa shape index (κ3) is 11.7. The maximum Gasteiger partial charge on any atom is 0.180 e. The molecular weight excluding hydrogens is 1450 g/mol. The molecule has 13 heteroatoms. The second-order valence-electron chi connectivity index (χ2n) is 29.4. The molecule has 0 radical (unpaired) electrons. The lowest BCUT2D eigenvalue weighted by atomic mass is 9.98. The Balaban J connectivity index is 0.555. The highest BCUT2D eigenvalue weighted by Crippen LogP contribution is 2.46. The number of hydrogen-bond donors (Lipinski definition) is 0. The molecule has 550 valence electrons. The van der Waals surface area contributed by atoms with Crippen LogP contribution in [0, 0.1) is 0 Å². The molecule has 13 nitrogen and oxygen atoms in total. The second-order valence-corrected chi connectivity index (χ2v) is 29.4. The van der Waals surface area contributed by atoms with Gasteiger partial charge in [-0.2, -0.15) is 0 Å². The summed E-state index contributed by atoms with van der Waals surface area (Å²) in [5, 5.41) is 5.56. The molecule has 0 spiro atoms. The Morgan fingerprint density at radius 3 is 1.03 bits per heavy atom. The molecule has 8 heterocycles. The van der Waals surface area contributed by atoms with E-state index in [-0.39, 0.29) is 0 Å². The van der Waals surface area contributed by atoms with Gasteiger partial charge in [0.25, 0.3) is 0 Å². The number of nitrogens with zero attached hydrogens (tertiary/aromatic N) is 9. The zero-order chi connectivity index (χ0) is 77.7. The monoisotopic (exact) mass is 1510 g/mol. The van der Waals surface area contributed by atoms with Crippen molar-refractivity contribution < 1.29 is 17.7 Å². The van der Waals surface area contributed by atoms with Gasteiger partial charge in [0.15, 0.2) is 46.1 Å². The van der Waals surface area contributed by atoms with Crippen LogP contribution >= 0.6 is 0 Å². The van der Waals surface area contributed by atoms with E-state index in [1.165, 1.54) is 0 Å². The van der Waals surface area contributed by atoms with Gasteiger partial charge in [0, 0.05) is 99.1 Å². The summed E-state index contributed by atoms with van der Waals surface area (Å²) in [5.74, 6) is 3.45. The number of rotatable bonds is 14. The summed E-state index contributed by atoms with van der Waals surface area (Å²) in [6, 6.07) is 126. The van der Waals surface area contributed by atoms with Gasteiger partial charge in [-0.05, 0) is 88.0 Å². The fraction of sp³-hybridized carbons (Fsp3) is 0. The maximum absolute atomic E-state index is 6.91. The van der Waals surface area contributed by atoms with Crippen molar-refractivity contribution in [2.45, 2.75) is 0 Å². The van der Waals surface area contributed by atoms with Gasteiger partial charge < -0.3 is 17.7 Å². The van der Waals surface area contributed by atoms with E-state index in [1.54, 1.807) is 0 Å². The Kier molecular flexibility index (Phi) is 15.9. The topological polar surface area (TPSA) is 169 Å². The molecule has 0 unspecified atom stereocenters. The van der Waals surface area contributed by atoms with Gasteiger partial charge in [-0.3, -0.25) is 0 Å². The van der Waals surface area contributed by atoms with Gasteiger partial charge in [0.05, 0.1) is 11.4 Å². The van der Waals surface area contributed by atoms with Crippen molar-refractivity contribution in [2.75, 3.05) is 0 Å². The van der Waals surface area contributed by atoms with Gasteiger partial charge in [-0.1, -0.05) is 315 Å². The molecule has 23 aromatic rings. The number of fused-ring (bicyclic) bond motifs is 12. The summed E-state index contributed by atoms with van der Waals surface area (Å²) in [7, 11) is 0. The third-order valence-corrected chi connectivity index (χ3v) is 22.3. The summed E-state index contributed by atoms with van der Waals surface area (Å²) in [4.78, 5) is 47.1. The van der Waals surface area contributed by atoms with E-state index in [0.717, 1.165) is 188 Å². The van der Waals surface area contributed by atoms with Crippen LogP contribution in [0.3, 0.4) is 0 Å². The lowest BCUT2D eigenvalue weighted by Crippen LogP contribution is -2.00. The molecule has 23 rings (SSSR count). The Bertz CT molecular complexity index is 7850. The minimum Gasteiger partial charge on any atom is -0.455 e. The largest absolute Gasteiger partial charge is 0.455 e. The molecule has 0 amide bonds. The van der Waals surface area contributed by atoms with Crippen molar-refractivity contribution in [1.29, 1.82) is 0 Å². The van der Waals surface area contributed by atoms with Crippen molar-refractivity contribution in [3.05, 3.63) is 370 Å². The van der Waals surface area contributed by atoms with E-state index in [2.05, 4.69) is 218 Å². The van der Waals surface area contributed by atoms with Gasteiger partial charge in [0.1, 0.15) is 55.9 Å². The molecule has 0 saturated carbocycles. The molecule has 0 bridgehead atoms. The highest BCUT2D eigenvalue weighted by atomic mass is 16.3. The van der Waals surface area contributed by atoms with Crippen LogP contribution in [0.4, 0.5) is 0 Å². The van der Waals surface area contributed by atoms with E-state index in [9.17, 15) is 0 Å². The summed E-state index contributed by atoms with van der Waals surface area (Å²) >= 11 is 0. The quantitative estimate of drug-likeness (QED) is 0.101. The predicted molar refractivity (Wildman–Crippen MR) is 472 cm³/mol. The molecule has 8 aromatic heterocycles. The fourth-order valence-corrected chi connectivity index (χ4v) is 16.5. The first kappa shape index (κ1) is 67.4. The van der Waals surface area contributed by atoms with Crippen LogP contribution in [0.5, 0.6) is 0 Å². The maximum atomic E-state index is 6.91. The molecule has 15 aromatic carbocycles. The van der Waals surface area contributed by atoms with Crippen LogP contribution in [0.2, 0.25) is 0 Å². The molecule has 118 heavy (non-hydrogen) atoms. The average molecular weight is 1510 g/mol. The lowest BCUT2D eigenvalue weighted by Gasteiger charge is -2.11. The number of hydrogen-bond acceptors (Lipinski definition) is 13. The first-order valence-corrected chi connectivity index (χ1v) is 39.1. The molecule has 0 fully saturated rings. The van der Waals surface area contributed by atoms with Crippen molar-refractivity contribution in [3.8, 4) is 158 Å². The minimum atomic E-state index is 0.551. The molecule has 0 aliphatic carbocycles. The Morgan fingerprint density at radius 1 is 0.161 bits per heavy atom. The number of para-hydroxylation sites is 4. The number of benzene rings is 15. The van der Waals surface area contributed by atoms with Gasteiger partial charge in [-0.25, -0.2) is 44.9 Å². The Hall–Kier alpha value is -16.3. The first-order valence-electron chi connectivity index (χ1n) is 39.1. The van der Waals surface area contributed by atoms with Gasteiger partial charge in [-0.15, -0.1) is 0 Å². The molecule has 0 atom stereocenters. The molecular formula is C105H61N9O4. The predicted octanol–water partition coefficient (Wildman–Crippen LogP) is 27.2. The van der Waals surface area contributed by atoms with E-state index < -0.39 is 0 Å². The normalized spacial score (nSPS) is 11.7. The van der Waals surface area contributed by atoms with Crippen LogP contribution in [-0.2, 0) is 0 Å². The van der Waals surface area contributed by atoms with Crippen LogP contribution in [0.1, 0.15) is 0 Å². The average Bonchev–Trinajstić information content (AvgIpc) is 1.61. The van der Waals surface area contributed by atoms with Crippen LogP contribution < -0.4 is 0 Å².